The van der Waals surface area contributed by atoms with Crippen molar-refractivity contribution >= 4 is 39.7 Å². The van der Waals surface area contributed by atoms with Crippen molar-refractivity contribution in [3.05, 3.63) is 52.5 Å². The molecule has 0 aliphatic heterocycles. The molecule has 0 unspecified atom stereocenters. The molecule has 140 valence electrons. The van der Waals surface area contributed by atoms with Crippen LogP contribution in [0.2, 0.25) is 5.02 Å². The maximum absolute atomic E-state index is 13.4. The van der Waals surface area contributed by atoms with E-state index in [1.807, 2.05) is 0 Å². The number of nitrogens with zero attached hydrogens (tertiary/aromatic N) is 1. The quantitative estimate of drug-likeness (QED) is 0.746. The van der Waals surface area contributed by atoms with Gasteiger partial charge in [-0.15, -0.1) is 0 Å². The molecule has 0 saturated carbocycles. The fourth-order valence-corrected chi connectivity index (χ4v) is 3.28. The van der Waals surface area contributed by atoms with Gasteiger partial charge >= 0.3 is 6.18 Å². The van der Waals surface area contributed by atoms with E-state index in [2.05, 4.69) is 21.5 Å². The SMILES string of the molecule is CS(=O)(=O)NCCc1ccc(-c2c(Cl)cc(N=S)cc2C(F)(F)F)cc1. The third-order valence-corrected chi connectivity index (χ3v) is 4.74. The molecular weight excluding hydrogens is 409 g/mol. The highest BCUT2D eigenvalue weighted by Gasteiger charge is 2.35. The molecule has 0 fully saturated rings. The Morgan fingerprint density at radius 2 is 1.81 bits per heavy atom. The summed E-state index contributed by atoms with van der Waals surface area (Å²) in [4.78, 5) is 0. The first-order valence-corrected chi connectivity index (χ1v) is 9.93. The number of nitrogens with one attached hydrogen (secondary N) is 1. The lowest BCUT2D eigenvalue weighted by atomic mass is 9.97. The minimum Gasteiger partial charge on any atom is -0.215 e. The molecule has 0 amide bonds. The van der Waals surface area contributed by atoms with Crippen LogP contribution in [-0.4, -0.2) is 21.2 Å². The lowest BCUT2D eigenvalue weighted by molar-refractivity contribution is -0.137. The van der Waals surface area contributed by atoms with Crippen molar-refractivity contribution in [1.29, 1.82) is 0 Å². The van der Waals surface area contributed by atoms with Crippen LogP contribution < -0.4 is 4.72 Å². The van der Waals surface area contributed by atoms with E-state index in [1.54, 1.807) is 12.1 Å². The Morgan fingerprint density at radius 3 is 2.31 bits per heavy atom. The van der Waals surface area contributed by atoms with Gasteiger partial charge in [-0.05, 0) is 29.7 Å². The highest BCUT2D eigenvalue weighted by atomic mass is 35.5. The Morgan fingerprint density at radius 1 is 1.19 bits per heavy atom. The number of hydrogen-bond acceptors (Lipinski definition) is 4. The number of sulfonamides is 1. The van der Waals surface area contributed by atoms with E-state index < -0.39 is 21.8 Å². The summed E-state index contributed by atoms with van der Waals surface area (Å²) >= 11 is 10.5. The van der Waals surface area contributed by atoms with Gasteiger partial charge in [0.25, 0.3) is 0 Å². The van der Waals surface area contributed by atoms with Gasteiger partial charge in [0, 0.05) is 24.5 Å². The number of benzene rings is 2. The zero-order chi connectivity index (χ0) is 19.5. The minimum atomic E-state index is -4.62. The maximum atomic E-state index is 13.4. The van der Waals surface area contributed by atoms with Crippen molar-refractivity contribution < 1.29 is 21.6 Å². The highest BCUT2D eigenvalue weighted by Crippen LogP contribution is 2.43. The Labute approximate surface area is 159 Å². The fraction of sp³-hybridized carbons (Fsp3) is 0.250. The first kappa shape index (κ1) is 20.8. The van der Waals surface area contributed by atoms with Gasteiger partial charge in [-0.25, -0.2) is 13.1 Å². The van der Waals surface area contributed by atoms with Crippen molar-refractivity contribution in [2.45, 2.75) is 12.6 Å². The predicted molar refractivity (Wildman–Crippen MR) is 97.9 cm³/mol. The van der Waals surface area contributed by atoms with Crippen molar-refractivity contribution in [2.75, 3.05) is 12.8 Å². The standard InChI is InChI=1S/C16H14ClF3N2O2S2/c1-26(23,24)21-7-6-10-2-4-11(5-3-10)15-13(16(18,19)20)8-12(22-25)9-14(15)17/h2-5,8-9,21H,6-7H2,1H3. The molecule has 2 rings (SSSR count). The number of rotatable bonds is 6. The van der Waals surface area contributed by atoms with Crippen molar-refractivity contribution in [3.63, 3.8) is 0 Å². The molecule has 10 heteroatoms. The summed E-state index contributed by atoms with van der Waals surface area (Å²) in [6, 6.07) is 8.41. The smallest absolute Gasteiger partial charge is 0.215 e. The Bertz CT molecular complexity index is 914. The van der Waals surface area contributed by atoms with Gasteiger partial charge in [0.15, 0.2) is 0 Å². The van der Waals surface area contributed by atoms with E-state index in [-0.39, 0.29) is 28.4 Å². The van der Waals surface area contributed by atoms with Crippen LogP contribution in [0.1, 0.15) is 11.1 Å². The molecule has 0 aliphatic carbocycles. The summed E-state index contributed by atoms with van der Waals surface area (Å²) < 4.78 is 67.9. The van der Waals surface area contributed by atoms with Gasteiger partial charge in [0.05, 0.1) is 22.5 Å². The van der Waals surface area contributed by atoms with Gasteiger partial charge in [-0.1, -0.05) is 35.9 Å². The number of hydrogen-bond donors (Lipinski definition) is 1. The normalized spacial score (nSPS) is 12.2. The number of halogens is 4. The van der Waals surface area contributed by atoms with Crippen molar-refractivity contribution in [1.82, 2.24) is 4.72 Å². The molecule has 0 radical (unpaired) electrons. The van der Waals surface area contributed by atoms with Crippen molar-refractivity contribution in [2.24, 2.45) is 4.36 Å². The second-order valence-electron chi connectivity index (χ2n) is 5.55. The molecule has 0 bridgehead atoms. The van der Waals surface area contributed by atoms with Crippen LogP contribution in [0.25, 0.3) is 11.1 Å². The van der Waals surface area contributed by atoms with Crippen LogP contribution in [0.15, 0.2) is 40.8 Å². The van der Waals surface area contributed by atoms with Gasteiger partial charge < -0.3 is 0 Å². The second kappa shape index (κ2) is 7.99. The lowest BCUT2D eigenvalue weighted by Gasteiger charge is -2.16. The van der Waals surface area contributed by atoms with E-state index in [9.17, 15) is 21.6 Å². The van der Waals surface area contributed by atoms with E-state index >= 15 is 0 Å². The first-order valence-electron chi connectivity index (χ1n) is 7.29. The van der Waals surface area contributed by atoms with E-state index in [0.717, 1.165) is 17.9 Å². The van der Waals surface area contributed by atoms with Gasteiger partial charge in [-0.3, -0.25) is 0 Å². The van der Waals surface area contributed by atoms with Crippen LogP contribution in [0.3, 0.4) is 0 Å². The summed E-state index contributed by atoms with van der Waals surface area (Å²) in [5.74, 6) is 0. The van der Waals surface area contributed by atoms with Crippen LogP contribution >= 0.6 is 11.6 Å². The van der Waals surface area contributed by atoms with Crippen LogP contribution in [0.5, 0.6) is 0 Å². The van der Waals surface area contributed by atoms with Gasteiger partial charge in [0.1, 0.15) is 0 Å². The second-order valence-corrected chi connectivity index (χ2v) is 7.98. The minimum absolute atomic E-state index is 0.0375. The average molecular weight is 423 g/mol. The fourth-order valence-electron chi connectivity index (χ4n) is 2.38. The molecule has 0 atom stereocenters. The molecule has 4 nitrogen and oxygen atoms in total. The Hall–Kier alpha value is -1.55. The van der Waals surface area contributed by atoms with Gasteiger partial charge in [0.2, 0.25) is 10.0 Å². The van der Waals surface area contributed by atoms with Crippen molar-refractivity contribution in [3.8, 4) is 11.1 Å². The summed E-state index contributed by atoms with van der Waals surface area (Å²) in [6.45, 7) is 0.196. The molecule has 1 N–H and O–H groups in total. The third kappa shape index (κ3) is 5.47. The zero-order valence-electron chi connectivity index (χ0n) is 13.5. The van der Waals surface area contributed by atoms with E-state index in [1.165, 1.54) is 18.2 Å². The molecule has 0 aliphatic rings. The Kier molecular flexibility index (Phi) is 6.38. The summed E-state index contributed by atoms with van der Waals surface area (Å²) in [7, 11) is -3.29. The monoisotopic (exact) mass is 422 g/mol. The summed E-state index contributed by atoms with van der Waals surface area (Å²) in [5, 5.41) is -0.102. The molecule has 2 aromatic carbocycles. The molecule has 0 aromatic heterocycles. The maximum Gasteiger partial charge on any atom is 0.417 e. The number of alkyl halides is 3. The summed E-state index contributed by atoms with van der Waals surface area (Å²) in [6.07, 6.45) is -3.16. The highest BCUT2D eigenvalue weighted by molar-refractivity contribution is 7.88. The van der Waals surface area contributed by atoms with Crippen LogP contribution in [0.4, 0.5) is 18.9 Å². The molecule has 0 spiro atoms. The molecule has 0 saturated heterocycles. The van der Waals surface area contributed by atoms with E-state index in [4.69, 9.17) is 11.6 Å². The van der Waals surface area contributed by atoms with Gasteiger partial charge in [-0.2, -0.15) is 17.5 Å². The predicted octanol–water partition coefficient (Wildman–Crippen LogP) is 4.48. The van der Waals surface area contributed by atoms with E-state index in [0.29, 0.717) is 6.42 Å². The van der Waals surface area contributed by atoms with Crippen LogP contribution in [-0.2, 0) is 35.0 Å². The Balaban J connectivity index is 2.35. The zero-order valence-corrected chi connectivity index (χ0v) is 15.9. The lowest BCUT2D eigenvalue weighted by Crippen LogP contribution is -2.24. The molecule has 2 aromatic rings. The topological polar surface area (TPSA) is 58.5 Å². The largest absolute Gasteiger partial charge is 0.417 e. The molecule has 26 heavy (non-hydrogen) atoms. The third-order valence-electron chi connectivity index (χ3n) is 3.51. The summed E-state index contributed by atoms with van der Waals surface area (Å²) in [5.41, 5.74) is -0.0446. The van der Waals surface area contributed by atoms with Crippen LogP contribution in [0, 0.1) is 0 Å². The first-order chi connectivity index (χ1) is 12.0. The molecular formula is C16H14ClF3N2O2S2. The average Bonchev–Trinajstić information content (AvgIpc) is 2.53. The molecule has 0 heterocycles.